The number of hydrogen-bond donors (Lipinski definition) is 4. The van der Waals surface area contributed by atoms with Crippen LogP contribution in [0.1, 0.15) is 13.3 Å². The lowest BCUT2D eigenvalue weighted by Crippen LogP contribution is -2.55. The SMILES string of the molecule is CCOC(=O)NC1=NC(C2C=CCCN2)=CC(N)N1OS(=O)(=O)O. The number of ether oxygens (including phenoxy) is 1. The van der Waals surface area contributed by atoms with Crippen LogP contribution in [-0.2, 0) is 19.4 Å². The van der Waals surface area contributed by atoms with Crippen LogP contribution >= 0.6 is 0 Å². The number of hydroxylamine groups is 2. The molecule has 2 unspecified atom stereocenters. The van der Waals surface area contributed by atoms with E-state index in [-0.39, 0.29) is 18.6 Å². The van der Waals surface area contributed by atoms with Gasteiger partial charge in [-0.3, -0.25) is 9.87 Å². The normalized spacial score (nSPS) is 24.2. The summed E-state index contributed by atoms with van der Waals surface area (Å²) < 4.78 is 39.9. The predicted molar refractivity (Wildman–Crippen MR) is 83.7 cm³/mol. The summed E-state index contributed by atoms with van der Waals surface area (Å²) in [5.74, 6) is -0.322. The molecule has 0 aromatic carbocycles. The maximum atomic E-state index is 11.6. The number of alkyl carbamates (subject to hydrolysis) is 1. The Bertz CT molecular complexity index is 673. The Morgan fingerprint density at radius 3 is 2.96 bits per heavy atom. The molecule has 1 amide bonds. The summed E-state index contributed by atoms with van der Waals surface area (Å²) in [5.41, 5.74) is 6.31. The number of rotatable bonds is 4. The van der Waals surface area contributed by atoms with Crippen molar-refractivity contribution in [3.05, 3.63) is 23.9 Å². The van der Waals surface area contributed by atoms with Crippen LogP contribution in [0.4, 0.5) is 4.79 Å². The van der Waals surface area contributed by atoms with Crippen LogP contribution < -0.4 is 16.4 Å². The highest BCUT2D eigenvalue weighted by molar-refractivity contribution is 7.80. The van der Waals surface area contributed by atoms with Crippen molar-refractivity contribution in [2.24, 2.45) is 10.7 Å². The van der Waals surface area contributed by atoms with Crippen LogP contribution in [0.2, 0.25) is 0 Å². The highest BCUT2D eigenvalue weighted by Gasteiger charge is 2.31. The summed E-state index contributed by atoms with van der Waals surface area (Å²) in [7, 11) is -4.87. The van der Waals surface area contributed by atoms with Crippen molar-refractivity contribution in [1.82, 2.24) is 15.7 Å². The topological polar surface area (TPSA) is 156 Å². The van der Waals surface area contributed by atoms with Gasteiger partial charge in [-0.2, -0.15) is 13.5 Å². The Kier molecular flexibility index (Phi) is 5.90. The lowest BCUT2D eigenvalue weighted by atomic mass is 10.1. The number of hydrogen-bond acceptors (Lipinski definition) is 9. The highest BCUT2D eigenvalue weighted by atomic mass is 32.3. The van der Waals surface area contributed by atoms with Gasteiger partial charge in [0.1, 0.15) is 6.17 Å². The molecule has 2 heterocycles. The summed E-state index contributed by atoms with van der Waals surface area (Å²) in [5, 5.41) is 5.97. The van der Waals surface area contributed by atoms with E-state index in [9.17, 15) is 13.2 Å². The molecular formula is C12H19N5O6S. The molecule has 0 bridgehead atoms. The zero-order valence-electron chi connectivity index (χ0n) is 12.9. The molecule has 0 aromatic heterocycles. The molecule has 2 atom stereocenters. The number of nitrogens with zero attached hydrogens (tertiary/aromatic N) is 2. The molecule has 2 rings (SSSR count). The van der Waals surface area contributed by atoms with E-state index in [4.69, 9.17) is 15.0 Å². The third-order valence-corrected chi connectivity index (χ3v) is 3.39. The highest BCUT2D eigenvalue weighted by Crippen LogP contribution is 2.18. The Labute approximate surface area is 139 Å². The molecule has 0 fully saturated rings. The summed E-state index contributed by atoms with van der Waals surface area (Å²) in [4.78, 5) is 15.8. The van der Waals surface area contributed by atoms with Gasteiger partial charge in [-0.25, -0.2) is 9.79 Å². The number of nitrogens with one attached hydrogen (secondary N) is 2. The number of amides is 1. The van der Waals surface area contributed by atoms with Crippen LogP contribution in [0.5, 0.6) is 0 Å². The largest absolute Gasteiger partial charge is 0.450 e. The Morgan fingerprint density at radius 2 is 2.38 bits per heavy atom. The molecule has 2 aliphatic heterocycles. The zero-order chi connectivity index (χ0) is 17.7. The van der Waals surface area contributed by atoms with Crippen LogP contribution in [0.3, 0.4) is 0 Å². The minimum absolute atomic E-state index is 0.0972. The second-order valence-corrected chi connectivity index (χ2v) is 5.84. The minimum atomic E-state index is -4.87. The van der Waals surface area contributed by atoms with E-state index in [1.54, 1.807) is 6.92 Å². The third kappa shape index (κ3) is 5.01. The number of aliphatic imine (C=N–C) groups is 1. The van der Waals surface area contributed by atoms with Crippen molar-refractivity contribution in [2.45, 2.75) is 25.6 Å². The summed E-state index contributed by atoms with van der Waals surface area (Å²) in [6.45, 7) is 2.43. The van der Waals surface area contributed by atoms with E-state index in [0.717, 1.165) is 13.0 Å². The average molecular weight is 361 g/mol. The van der Waals surface area contributed by atoms with E-state index in [2.05, 4.69) is 19.9 Å². The fraction of sp³-hybridized carbons (Fsp3) is 0.500. The maximum absolute atomic E-state index is 11.6. The average Bonchev–Trinajstić information content (AvgIpc) is 2.50. The van der Waals surface area contributed by atoms with Crippen molar-refractivity contribution in [3.8, 4) is 0 Å². The second-order valence-electron chi connectivity index (χ2n) is 4.84. The summed E-state index contributed by atoms with van der Waals surface area (Å²) in [6, 6.07) is -0.253. The van der Waals surface area contributed by atoms with E-state index in [0.29, 0.717) is 10.8 Å². The van der Waals surface area contributed by atoms with Crippen LogP contribution in [-0.4, -0.2) is 55.4 Å². The van der Waals surface area contributed by atoms with Gasteiger partial charge in [-0.15, -0.1) is 4.28 Å². The van der Waals surface area contributed by atoms with E-state index in [1.807, 2.05) is 12.2 Å². The molecule has 5 N–H and O–H groups in total. The monoisotopic (exact) mass is 361 g/mol. The van der Waals surface area contributed by atoms with Gasteiger partial charge in [0.25, 0.3) is 0 Å². The van der Waals surface area contributed by atoms with Crippen LogP contribution in [0, 0.1) is 0 Å². The predicted octanol–water partition coefficient (Wildman–Crippen LogP) is -0.775. The fourth-order valence-corrected chi connectivity index (χ4v) is 2.49. The van der Waals surface area contributed by atoms with Gasteiger partial charge in [0.15, 0.2) is 0 Å². The van der Waals surface area contributed by atoms with Gasteiger partial charge in [0.05, 0.1) is 18.3 Å². The summed E-state index contributed by atoms with van der Waals surface area (Å²) in [6.07, 6.45) is 4.14. The van der Waals surface area contributed by atoms with Gasteiger partial charge < -0.3 is 15.8 Å². The van der Waals surface area contributed by atoms with Crippen molar-refractivity contribution in [1.29, 1.82) is 0 Å². The van der Waals surface area contributed by atoms with Gasteiger partial charge in [-0.1, -0.05) is 12.2 Å². The maximum Gasteiger partial charge on any atom is 0.418 e. The van der Waals surface area contributed by atoms with Gasteiger partial charge >= 0.3 is 16.5 Å². The standard InChI is InChI=1S/C12H19N5O6S/c1-2-22-12(18)16-11-15-9(8-5-3-4-6-14-8)7-10(13)17(11)23-24(19,20)21/h3,5,7-8,10,14H,2,4,6,13H2,1H3,(H,15,16,18)(H,19,20,21). The molecule has 11 nitrogen and oxygen atoms in total. The first-order valence-electron chi connectivity index (χ1n) is 7.16. The molecule has 0 aromatic rings. The number of carbonyl (C=O) groups is 1. The smallest absolute Gasteiger partial charge is 0.418 e. The molecule has 0 spiro atoms. The molecule has 12 heteroatoms. The van der Waals surface area contributed by atoms with Crippen molar-refractivity contribution in [2.75, 3.05) is 13.2 Å². The molecule has 0 radical (unpaired) electrons. The van der Waals surface area contributed by atoms with E-state index >= 15 is 0 Å². The number of guanidine groups is 1. The minimum Gasteiger partial charge on any atom is -0.450 e. The van der Waals surface area contributed by atoms with Crippen molar-refractivity contribution < 1.29 is 26.8 Å². The summed E-state index contributed by atoms with van der Waals surface area (Å²) >= 11 is 0. The molecule has 24 heavy (non-hydrogen) atoms. The number of carbonyl (C=O) groups excluding carboxylic acids is 1. The molecule has 2 aliphatic rings. The van der Waals surface area contributed by atoms with Gasteiger partial charge in [0, 0.05) is 0 Å². The number of nitrogens with two attached hydrogens (primary N) is 1. The first-order valence-corrected chi connectivity index (χ1v) is 8.52. The van der Waals surface area contributed by atoms with Crippen molar-refractivity contribution >= 4 is 22.5 Å². The molecule has 0 saturated carbocycles. The molecule has 0 saturated heterocycles. The Balaban J connectivity index is 2.28. The third-order valence-electron chi connectivity index (χ3n) is 3.04. The Hall–Kier alpha value is -1.99. The zero-order valence-corrected chi connectivity index (χ0v) is 13.7. The first kappa shape index (κ1) is 18.4. The molecular weight excluding hydrogens is 342 g/mol. The first-order chi connectivity index (χ1) is 11.3. The van der Waals surface area contributed by atoms with Crippen molar-refractivity contribution in [3.63, 3.8) is 0 Å². The lowest BCUT2D eigenvalue weighted by Gasteiger charge is -2.32. The van der Waals surface area contributed by atoms with Crippen LogP contribution in [0.25, 0.3) is 0 Å². The van der Waals surface area contributed by atoms with Gasteiger partial charge in [-0.05, 0) is 26.0 Å². The molecule has 134 valence electrons. The quantitative estimate of drug-likeness (QED) is 0.373. The second kappa shape index (κ2) is 7.72. The van der Waals surface area contributed by atoms with E-state index in [1.165, 1.54) is 6.08 Å². The van der Waals surface area contributed by atoms with E-state index < -0.39 is 22.7 Å². The fourth-order valence-electron chi connectivity index (χ4n) is 2.12. The van der Waals surface area contributed by atoms with Crippen LogP contribution in [0.15, 0.2) is 28.9 Å². The Morgan fingerprint density at radius 1 is 1.62 bits per heavy atom. The van der Waals surface area contributed by atoms with Gasteiger partial charge in [0.2, 0.25) is 5.96 Å². The molecule has 0 aliphatic carbocycles. The lowest BCUT2D eigenvalue weighted by molar-refractivity contribution is -0.0148.